The van der Waals surface area contributed by atoms with E-state index in [0.29, 0.717) is 17.4 Å². The van der Waals surface area contributed by atoms with E-state index in [0.717, 1.165) is 24.2 Å². The van der Waals surface area contributed by atoms with Crippen LogP contribution >= 0.6 is 0 Å². The molecule has 1 saturated carbocycles. The number of anilines is 1. The Balaban J connectivity index is 1.51. The zero-order valence-corrected chi connectivity index (χ0v) is 15.0. The molecule has 0 radical (unpaired) electrons. The van der Waals surface area contributed by atoms with Crippen molar-refractivity contribution in [1.82, 2.24) is 20.5 Å². The van der Waals surface area contributed by atoms with E-state index in [1.807, 2.05) is 26.0 Å². The average molecular weight is 356 g/mol. The van der Waals surface area contributed by atoms with E-state index in [1.54, 1.807) is 12.1 Å². The molecule has 26 heavy (non-hydrogen) atoms. The van der Waals surface area contributed by atoms with Crippen molar-refractivity contribution in [3.63, 3.8) is 0 Å². The highest BCUT2D eigenvalue weighted by molar-refractivity contribution is 5.95. The average Bonchev–Trinajstić information content (AvgIpc) is 3.36. The number of hydrogen-bond donors (Lipinski definition) is 4. The Morgan fingerprint density at radius 1 is 1.27 bits per heavy atom. The monoisotopic (exact) mass is 356 g/mol. The first kappa shape index (κ1) is 18.1. The Bertz CT molecular complexity index is 779. The number of nitrogens with one attached hydrogen (secondary N) is 3. The molecule has 3 rings (SSSR count). The number of carbonyl (C=O) groups excluding carboxylic acids is 2. The fourth-order valence-electron chi connectivity index (χ4n) is 2.44. The number of nitrogens with two attached hydrogens (primary N) is 1. The molecular weight excluding hydrogens is 332 g/mol. The van der Waals surface area contributed by atoms with Crippen molar-refractivity contribution in [2.45, 2.75) is 38.6 Å². The fraction of sp³-hybridized carbons (Fsp3) is 0.444. The highest BCUT2D eigenvalue weighted by atomic mass is 16.2. The number of rotatable bonds is 7. The molecule has 2 amide bonds. The Morgan fingerprint density at radius 3 is 2.58 bits per heavy atom. The molecule has 1 aromatic heterocycles. The summed E-state index contributed by atoms with van der Waals surface area (Å²) >= 11 is 0. The van der Waals surface area contributed by atoms with Crippen molar-refractivity contribution < 1.29 is 9.59 Å². The second-order valence-corrected chi connectivity index (χ2v) is 6.93. The molecule has 5 N–H and O–H groups in total. The normalized spacial score (nSPS) is 14.9. The van der Waals surface area contributed by atoms with Crippen LogP contribution in [0.2, 0.25) is 0 Å². The second-order valence-electron chi connectivity index (χ2n) is 6.93. The van der Waals surface area contributed by atoms with Crippen molar-refractivity contribution in [1.29, 1.82) is 0 Å². The summed E-state index contributed by atoms with van der Waals surface area (Å²) in [6.45, 7) is 3.59. The molecular formula is C18H24N6O2. The molecule has 0 aliphatic heterocycles. The van der Waals surface area contributed by atoms with Crippen LogP contribution in [0, 0.1) is 5.92 Å². The molecule has 0 bridgehead atoms. The minimum atomic E-state index is -0.621. The van der Waals surface area contributed by atoms with Crippen molar-refractivity contribution in [3.8, 4) is 11.4 Å². The van der Waals surface area contributed by atoms with Crippen LogP contribution in [0.15, 0.2) is 24.3 Å². The zero-order chi connectivity index (χ0) is 18.7. The number of H-pyrrole nitrogens is 1. The van der Waals surface area contributed by atoms with E-state index in [1.165, 1.54) is 0 Å². The highest BCUT2D eigenvalue weighted by Gasteiger charge is 2.27. The summed E-state index contributed by atoms with van der Waals surface area (Å²) in [5.74, 6) is 1.49. The predicted octanol–water partition coefficient (Wildman–Crippen LogP) is 1.39. The van der Waals surface area contributed by atoms with Crippen molar-refractivity contribution in [3.05, 3.63) is 30.1 Å². The van der Waals surface area contributed by atoms with E-state index in [4.69, 9.17) is 5.73 Å². The van der Waals surface area contributed by atoms with Gasteiger partial charge in [0.25, 0.3) is 0 Å². The molecule has 1 heterocycles. The smallest absolute Gasteiger partial charge is 0.243 e. The molecule has 8 nitrogen and oxygen atoms in total. The molecule has 0 saturated heterocycles. The third-order valence-electron chi connectivity index (χ3n) is 4.34. The van der Waals surface area contributed by atoms with Gasteiger partial charge in [0.1, 0.15) is 5.82 Å². The van der Waals surface area contributed by atoms with Crippen molar-refractivity contribution >= 4 is 17.5 Å². The minimum Gasteiger partial charge on any atom is -0.346 e. The lowest BCUT2D eigenvalue weighted by molar-refractivity contribution is -0.125. The molecule has 2 aromatic rings. The quantitative estimate of drug-likeness (QED) is 0.596. The molecule has 8 heteroatoms. The Morgan fingerprint density at radius 2 is 1.96 bits per heavy atom. The summed E-state index contributed by atoms with van der Waals surface area (Å²) in [5, 5.41) is 12.5. The summed E-state index contributed by atoms with van der Waals surface area (Å²) in [6.07, 6.45) is 2.33. The number of benzene rings is 1. The second kappa shape index (κ2) is 7.65. The van der Waals surface area contributed by atoms with E-state index in [-0.39, 0.29) is 24.3 Å². The fourth-order valence-corrected chi connectivity index (χ4v) is 2.44. The van der Waals surface area contributed by atoms with E-state index < -0.39 is 6.04 Å². The van der Waals surface area contributed by atoms with Gasteiger partial charge in [-0.1, -0.05) is 13.8 Å². The molecule has 1 aliphatic rings. The van der Waals surface area contributed by atoms with Gasteiger partial charge < -0.3 is 16.4 Å². The molecule has 0 unspecified atom stereocenters. The zero-order valence-electron chi connectivity index (χ0n) is 15.0. The van der Waals surface area contributed by atoms with Gasteiger partial charge in [-0.25, -0.2) is 4.98 Å². The summed E-state index contributed by atoms with van der Waals surface area (Å²) in [5.41, 5.74) is 7.25. The Hall–Kier alpha value is -2.74. The van der Waals surface area contributed by atoms with Gasteiger partial charge in [0, 0.05) is 17.2 Å². The molecule has 0 spiro atoms. The van der Waals surface area contributed by atoms with Gasteiger partial charge in [-0.15, -0.1) is 0 Å². The first-order valence-electron chi connectivity index (χ1n) is 8.80. The number of hydrogen-bond acceptors (Lipinski definition) is 5. The lowest BCUT2D eigenvalue weighted by Gasteiger charge is -2.15. The first-order valence-corrected chi connectivity index (χ1v) is 8.80. The summed E-state index contributed by atoms with van der Waals surface area (Å²) in [4.78, 5) is 28.2. The van der Waals surface area contributed by atoms with Gasteiger partial charge in [-0.3, -0.25) is 14.7 Å². The van der Waals surface area contributed by atoms with Crippen LogP contribution in [0.5, 0.6) is 0 Å². The van der Waals surface area contributed by atoms with Crippen molar-refractivity contribution in [2.24, 2.45) is 11.7 Å². The van der Waals surface area contributed by atoms with Crippen LogP contribution in [0.1, 0.15) is 38.4 Å². The summed E-state index contributed by atoms with van der Waals surface area (Å²) < 4.78 is 0. The summed E-state index contributed by atoms with van der Waals surface area (Å²) in [6, 6.07) is 6.64. The van der Waals surface area contributed by atoms with Gasteiger partial charge in [-0.2, -0.15) is 5.10 Å². The SMILES string of the molecule is CC(C)[C@H](N)C(=O)NCC(=O)Nc1ccc(-c2n[nH]c(C3CC3)n2)cc1. The number of carbonyl (C=O) groups is 2. The van der Waals surface area contributed by atoms with Crippen LogP contribution in [-0.4, -0.2) is 39.6 Å². The van der Waals surface area contributed by atoms with Gasteiger partial charge in [0.05, 0.1) is 12.6 Å². The third-order valence-corrected chi connectivity index (χ3v) is 4.34. The van der Waals surface area contributed by atoms with E-state index in [9.17, 15) is 9.59 Å². The number of amides is 2. The summed E-state index contributed by atoms with van der Waals surface area (Å²) in [7, 11) is 0. The van der Waals surface area contributed by atoms with Crippen molar-refractivity contribution in [2.75, 3.05) is 11.9 Å². The lowest BCUT2D eigenvalue weighted by atomic mass is 10.1. The standard InChI is InChI=1S/C18H24N6O2/c1-10(2)15(19)18(26)20-9-14(25)21-13-7-5-12(6-8-13)17-22-16(23-24-17)11-3-4-11/h5-8,10-11,15H,3-4,9,19H2,1-2H3,(H,20,26)(H,21,25)(H,22,23,24)/t15-/m0/s1. The maximum atomic E-state index is 12.0. The molecule has 1 fully saturated rings. The molecule has 138 valence electrons. The van der Waals surface area contributed by atoms with Gasteiger partial charge in [0.2, 0.25) is 11.8 Å². The van der Waals surface area contributed by atoms with Gasteiger partial charge in [0.15, 0.2) is 5.82 Å². The van der Waals surface area contributed by atoms with Crippen LogP contribution in [0.4, 0.5) is 5.69 Å². The third kappa shape index (κ3) is 4.45. The largest absolute Gasteiger partial charge is 0.346 e. The first-order chi connectivity index (χ1) is 12.4. The highest BCUT2D eigenvalue weighted by Crippen LogP contribution is 2.38. The maximum absolute atomic E-state index is 12.0. The van der Waals surface area contributed by atoms with Gasteiger partial charge >= 0.3 is 0 Å². The Kier molecular flexibility index (Phi) is 5.32. The van der Waals surface area contributed by atoms with Gasteiger partial charge in [-0.05, 0) is 43.0 Å². The maximum Gasteiger partial charge on any atom is 0.243 e. The van der Waals surface area contributed by atoms with E-state index in [2.05, 4.69) is 25.8 Å². The number of aromatic nitrogens is 3. The number of aromatic amines is 1. The molecule has 1 aromatic carbocycles. The Labute approximate surface area is 152 Å². The molecule has 1 atom stereocenters. The van der Waals surface area contributed by atoms with Crippen LogP contribution < -0.4 is 16.4 Å². The predicted molar refractivity (Wildman–Crippen MR) is 98.2 cm³/mol. The van der Waals surface area contributed by atoms with E-state index >= 15 is 0 Å². The van der Waals surface area contributed by atoms with Crippen LogP contribution in [0.25, 0.3) is 11.4 Å². The topological polar surface area (TPSA) is 126 Å². The van der Waals surface area contributed by atoms with Crippen LogP contribution in [0.3, 0.4) is 0 Å². The van der Waals surface area contributed by atoms with Crippen LogP contribution in [-0.2, 0) is 9.59 Å². The lowest BCUT2D eigenvalue weighted by Crippen LogP contribution is -2.46. The molecule has 1 aliphatic carbocycles. The minimum absolute atomic E-state index is 0.0155. The number of nitrogens with zero attached hydrogens (tertiary/aromatic N) is 2.